The zero-order valence-electron chi connectivity index (χ0n) is 76.8. The highest BCUT2D eigenvalue weighted by Gasteiger charge is 2.47. The molecule has 0 unspecified atom stereocenters. The smallest absolute Gasteiger partial charge is 0.223 e. The van der Waals surface area contributed by atoms with Gasteiger partial charge in [0.05, 0.1) is 29.6 Å². The molecule has 20 rings (SSSR count). The third kappa shape index (κ3) is 20.6. The number of amides is 1. The number of piperidine rings is 5. The van der Waals surface area contributed by atoms with Gasteiger partial charge in [0, 0.05) is 191 Å². The van der Waals surface area contributed by atoms with Crippen molar-refractivity contribution in [2.45, 2.75) is 218 Å². The molecule has 126 heavy (non-hydrogen) atoms. The molecule has 17 nitrogen and oxygen atoms in total. The van der Waals surface area contributed by atoms with E-state index < -0.39 is 0 Å². The Kier molecular flexibility index (Phi) is 30.7. The van der Waals surface area contributed by atoms with Gasteiger partial charge in [-0.25, -0.2) is 0 Å². The Morgan fingerprint density at radius 3 is 0.833 bits per heavy atom. The third-order valence-corrected chi connectivity index (χ3v) is 34.8. The Bertz CT molecular complexity index is 4950. The molecule has 5 aliphatic carbocycles. The number of aromatic nitrogens is 5. The number of Topliss-reactive ketones (excluding diaryl/α,β-unsaturated/α-hetero) is 5. The molecule has 10 heterocycles. The molecule has 1 amide bonds. The van der Waals surface area contributed by atoms with Gasteiger partial charge in [-0.2, -0.15) is 47.0 Å². The van der Waals surface area contributed by atoms with Crippen molar-refractivity contribution in [1.29, 1.82) is 0 Å². The number of fused-ring (bicyclic) bond motifs is 10. The fourth-order valence-corrected chi connectivity index (χ4v) is 28.7. The molecule has 5 aromatic carbocycles. The van der Waals surface area contributed by atoms with Crippen molar-refractivity contribution in [2.75, 3.05) is 126 Å². The van der Waals surface area contributed by atoms with Crippen molar-refractivity contribution < 1.29 is 28.8 Å². The maximum absolute atomic E-state index is 12.5. The number of carbonyl (C=O) groups is 6. The maximum Gasteiger partial charge on any atom is 0.223 e. The Morgan fingerprint density at radius 1 is 0.341 bits per heavy atom. The molecule has 0 saturated carbocycles. The number of hydrogen-bond acceptors (Lipinski definition) is 15. The monoisotopic (exact) mass is 1780 g/mol. The summed E-state index contributed by atoms with van der Waals surface area (Å²) < 4.78 is 0. The number of carbonyl (C=O) groups excluding carboxylic acids is 6. The lowest BCUT2D eigenvalue weighted by atomic mass is 9.72. The summed E-state index contributed by atoms with van der Waals surface area (Å²) in [6.45, 7) is 28.1. The lowest BCUT2D eigenvalue weighted by molar-refractivity contribution is -0.134. The van der Waals surface area contributed by atoms with E-state index in [9.17, 15) is 28.8 Å². The van der Waals surface area contributed by atoms with Crippen LogP contribution in [0, 0.1) is 29.6 Å². The summed E-state index contributed by atoms with van der Waals surface area (Å²) in [7, 11) is 3.91. The molecule has 15 atom stereocenters. The van der Waals surface area contributed by atoms with Crippen LogP contribution in [0.25, 0.3) is 54.5 Å². The molecule has 0 bridgehead atoms. The highest BCUT2D eigenvalue weighted by molar-refractivity contribution is 8.00. The molecule has 5 saturated heterocycles. The van der Waals surface area contributed by atoms with Crippen LogP contribution in [0.15, 0.2) is 122 Å². The van der Waals surface area contributed by atoms with E-state index in [0.29, 0.717) is 142 Å². The highest BCUT2D eigenvalue weighted by atomic mass is 32.2. The first-order valence-electron chi connectivity index (χ1n) is 47.7. The number of nitrogens with zero attached hydrogens (tertiary/aromatic N) is 6. The minimum absolute atomic E-state index is 0.0284. The second kappa shape index (κ2) is 41.9. The molecule has 0 radical (unpaired) electrons. The fourth-order valence-electron chi connectivity index (χ4n) is 24.8. The predicted molar refractivity (Wildman–Crippen MR) is 528 cm³/mol. The highest BCUT2D eigenvalue weighted by Crippen LogP contribution is 2.52. The molecule has 21 heteroatoms. The molecule has 10 aliphatic rings. The summed E-state index contributed by atoms with van der Waals surface area (Å²) in [5.74, 6) is 14.5. The number of benzene rings is 5. The topological polar surface area (TPSA) is 201 Å². The molecule has 10 aromatic rings. The first kappa shape index (κ1) is 92.1. The number of H-pyrrole nitrogens is 5. The largest absolute Gasteiger partial charge is 0.361 e. The number of aromatic amines is 5. The lowest BCUT2D eigenvalue weighted by Crippen LogP contribution is -2.50. The van der Waals surface area contributed by atoms with Crippen molar-refractivity contribution in [3.05, 3.63) is 178 Å². The molecule has 5 aromatic heterocycles. The molecular formula is C105H139N11O6S4. The summed E-state index contributed by atoms with van der Waals surface area (Å²) in [6.07, 6.45) is 28.3. The summed E-state index contributed by atoms with van der Waals surface area (Å²) >= 11 is 7.30. The number of likely N-dealkylation sites (tertiary alicyclic amines) is 5. The molecule has 5 aliphatic heterocycles. The van der Waals surface area contributed by atoms with Gasteiger partial charge >= 0.3 is 0 Å². The fraction of sp³-hybridized carbons (Fsp3) is 0.562. The second-order valence-corrected chi connectivity index (χ2v) is 43.4. The van der Waals surface area contributed by atoms with Crippen LogP contribution in [-0.4, -0.2) is 245 Å². The van der Waals surface area contributed by atoms with Gasteiger partial charge in [0.2, 0.25) is 5.91 Å². The third-order valence-electron chi connectivity index (χ3n) is 29.5. The molecule has 5 fully saturated rings. The summed E-state index contributed by atoms with van der Waals surface area (Å²) in [6, 6.07) is 36.7. The first-order valence-corrected chi connectivity index (χ1v) is 52.4. The number of likely N-dealkylation sites (N-methyl/N-ethyl adjacent to an activating group) is 2. The van der Waals surface area contributed by atoms with Crippen molar-refractivity contribution >= 4 is 136 Å². The van der Waals surface area contributed by atoms with Gasteiger partial charge in [0.1, 0.15) is 28.9 Å². The number of thioether (sulfide) groups is 4. The number of ketones is 5. The van der Waals surface area contributed by atoms with E-state index in [1.165, 1.54) is 224 Å². The van der Waals surface area contributed by atoms with Crippen molar-refractivity contribution in [2.24, 2.45) is 29.6 Å². The Morgan fingerprint density at radius 2 is 0.587 bits per heavy atom. The summed E-state index contributed by atoms with van der Waals surface area (Å²) in [4.78, 5) is 101. The molecule has 5 N–H and O–H groups in total. The number of rotatable bonds is 28. The van der Waals surface area contributed by atoms with Gasteiger partial charge in [0.15, 0.2) is 0 Å². The minimum Gasteiger partial charge on any atom is -0.361 e. The Hall–Kier alpha value is -7.18. The van der Waals surface area contributed by atoms with Gasteiger partial charge in [-0.3, -0.25) is 48.4 Å². The number of nitrogens with one attached hydrogen (secondary N) is 5. The van der Waals surface area contributed by atoms with Gasteiger partial charge in [-0.15, -0.1) is 0 Å². The van der Waals surface area contributed by atoms with Crippen LogP contribution < -0.4 is 0 Å². The maximum atomic E-state index is 12.5. The Labute approximate surface area is 765 Å². The molecule has 674 valence electrons. The normalized spacial score (nSPS) is 25.8. The van der Waals surface area contributed by atoms with Crippen LogP contribution in [0.5, 0.6) is 0 Å². The second-order valence-electron chi connectivity index (χ2n) is 39.3. The summed E-state index contributed by atoms with van der Waals surface area (Å²) in [5.41, 5.74) is 21.4. The zero-order chi connectivity index (χ0) is 88.0. The van der Waals surface area contributed by atoms with E-state index in [1.807, 2.05) is 47.0 Å². The van der Waals surface area contributed by atoms with Crippen molar-refractivity contribution in [1.82, 2.24) is 54.3 Å². The van der Waals surface area contributed by atoms with Gasteiger partial charge in [-0.1, -0.05) is 88.4 Å². The average Bonchev–Trinajstić information content (AvgIpc) is 1.56. The van der Waals surface area contributed by atoms with E-state index in [4.69, 9.17) is 0 Å². The van der Waals surface area contributed by atoms with Crippen LogP contribution in [0.4, 0.5) is 0 Å². The Balaban J connectivity index is 0.000000116. The zero-order valence-corrected chi connectivity index (χ0v) is 80.1. The van der Waals surface area contributed by atoms with E-state index in [-0.39, 0.29) is 18.2 Å². The van der Waals surface area contributed by atoms with E-state index >= 15 is 0 Å². The van der Waals surface area contributed by atoms with Gasteiger partial charge in [-0.05, 0) is 296 Å². The predicted octanol–water partition coefficient (Wildman–Crippen LogP) is 19.5. The van der Waals surface area contributed by atoms with E-state index in [2.05, 4.69) is 206 Å². The van der Waals surface area contributed by atoms with Crippen LogP contribution in [0.3, 0.4) is 0 Å². The van der Waals surface area contributed by atoms with Gasteiger partial charge in [0.25, 0.3) is 0 Å². The van der Waals surface area contributed by atoms with Gasteiger partial charge < -0.3 is 34.7 Å². The summed E-state index contributed by atoms with van der Waals surface area (Å²) in [5, 5.41) is 7.33. The van der Waals surface area contributed by atoms with Crippen molar-refractivity contribution in [3.8, 4) is 0 Å². The van der Waals surface area contributed by atoms with Crippen LogP contribution in [-0.2, 0) is 60.9 Å². The molecular weight excluding hydrogens is 1640 g/mol. The SMILES string of the molecule is CC(=O)CN(C)C(=O)C[C@H]1C[C@@H]2c3cccc4[nH]cc(c34)C[C@H]2N(C)C1.CCCN1C[C@H](CSCC(C)=O)C[C@@H]2c3cccc4[nH]cc(c34)C[C@H]21.CCCN1C[C@H](CSCC(C)=O)C[C@@H]2c3cccc4[nH]cc(c34)C[C@H]21.CCCN1C[C@H](CSCC(C)=O)C[C@@H]2c3cccc4[nH]cc(c34)C[C@H]21.CCCN1C[C@H](CSCC(C)=O)C[C@@H]2c3cccc4[nH]cc(c34)C[C@H]21. The quantitative estimate of drug-likeness (QED) is 0.0310. The van der Waals surface area contributed by atoms with Crippen LogP contribution in [0.2, 0.25) is 0 Å². The van der Waals surface area contributed by atoms with E-state index in [0.717, 1.165) is 42.4 Å². The lowest BCUT2D eigenvalue weighted by Gasteiger charge is -2.47. The standard InChI is InChI=1S/C21H27N3O2.4C21H28N2OS/c1-13(25)11-24(3)20(26)8-14-7-17-16-5-4-6-18-21(16)15(10-22-18)9-19(17)23(2)12-14;4*1-3-7-23-11-15(13-25-12-14(2)24)8-18-17-5-4-6-19-21(17)16(10-22-19)9-20(18)23/h4-6,10,14,17,19,22H,7-9,11-12H2,1-3H3;4*4-6,10,15,18,20,22H,3,7-9,11-13H2,1-2H3/t14-,17-,19-;4*15-,18-,20-/m11111/s1. The van der Waals surface area contributed by atoms with Crippen LogP contribution >= 0.6 is 47.0 Å². The van der Waals surface area contributed by atoms with Crippen molar-refractivity contribution in [3.63, 3.8) is 0 Å². The number of hydrogen-bond donors (Lipinski definition) is 5. The molecule has 0 spiro atoms. The minimum atomic E-state index is 0.0284. The van der Waals surface area contributed by atoms with Crippen LogP contribution in [0.1, 0.15) is 212 Å². The van der Waals surface area contributed by atoms with E-state index in [1.54, 1.807) is 61.9 Å². The first-order chi connectivity index (χ1) is 61.1. The average molecular weight is 1780 g/mol.